The molecule has 46 heavy (non-hydrogen) atoms. The van der Waals surface area contributed by atoms with Crippen LogP contribution in [0.1, 0.15) is 38.4 Å². The van der Waals surface area contributed by atoms with E-state index in [0.717, 1.165) is 53.7 Å². The number of thiazole rings is 1. The summed E-state index contributed by atoms with van der Waals surface area (Å²) in [5, 5.41) is 19.5. The normalized spacial score (nSPS) is 19.1. The van der Waals surface area contributed by atoms with Crippen LogP contribution in [0.4, 0.5) is 5.82 Å². The fourth-order valence-corrected chi connectivity index (χ4v) is 6.48. The minimum absolute atomic E-state index is 0.00384. The smallest absolute Gasteiger partial charge is 0.258 e. The molecule has 0 spiro atoms. The first kappa shape index (κ1) is 33.3. The molecule has 0 radical (unpaired) electrons. The van der Waals surface area contributed by atoms with Gasteiger partial charge in [-0.25, -0.2) is 9.97 Å². The second-order valence-corrected chi connectivity index (χ2v) is 13.7. The monoisotopic (exact) mass is 649 g/mol. The van der Waals surface area contributed by atoms with Crippen LogP contribution in [0.2, 0.25) is 0 Å². The third kappa shape index (κ3) is 8.20. The number of nitrogens with one attached hydrogen (secondary N) is 3. The number of pyridine rings is 1. The number of rotatable bonds is 10. The molecule has 2 aliphatic rings. The van der Waals surface area contributed by atoms with E-state index in [-0.39, 0.29) is 32.0 Å². The fourth-order valence-electron chi connectivity index (χ4n) is 5.67. The first-order valence-corrected chi connectivity index (χ1v) is 16.5. The number of likely N-dealkylation sites (tertiary alicyclic amines) is 1. The molecule has 4 N–H and O–H groups in total. The molecule has 2 fully saturated rings. The van der Waals surface area contributed by atoms with Gasteiger partial charge in [0.05, 0.1) is 28.4 Å². The van der Waals surface area contributed by atoms with Gasteiger partial charge < -0.3 is 35.6 Å². The van der Waals surface area contributed by atoms with Crippen LogP contribution >= 0.6 is 11.3 Å². The molecule has 2 aromatic heterocycles. The molecule has 1 aromatic carbocycles. The molecular formula is C33H43N7O5S. The molecule has 0 aliphatic carbocycles. The standard InChI is InChI=1S/C33H43N7O5S/c1-21-29(46-20-37-21)23-7-5-22(6-8-23)16-36-31(43)26-15-24(41)18-40(26)32(44)30(33(2,3)4)38-28(42)19-45-25-9-10-27(35-17-25)39-13-11-34-12-14-39/h5-10,17,20,24,26,30,34,41H,11-16,18-19H2,1-4H3,(H,36,43)(H,38,42)/t24-,26+,30-/m1/s1. The lowest BCUT2D eigenvalue weighted by atomic mass is 9.85. The number of aryl methyl sites for hydroxylation is 1. The Morgan fingerprint density at radius 3 is 2.48 bits per heavy atom. The van der Waals surface area contributed by atoms with E-state index < -0.39 is 35.4 Å². The molecule has 0 bridgehead atoms. The number of β-amino-alcohol motifs (C(OH)–C–C–N with tert-alkyl or cyclic N) is 1. The van der Waals surface area contributed by atoms with Gasteiger partial charge in [-0.3, -0.25) is 14.4 Å². The number of aliphatic hydroxyl groups is 1. The van der Waals surface area contributed by atoms with E-state index in [1.165, 1.54) is 4.90 Å². The molecule has 3 amide bonds. The predicted octanol–water partition coefficient (Wildman–Crippen LogP) is 2.11. The number of amides is 3. The molecule has 3 atom stereocenters. The Hall–Kier alpha value is -4.07. The van der Waals surface area contributed by atoms with E-state index in [0.29, 0.717) is 5.75 Å². The average Bonchev–Trinajstić information content (AvgIpc) is 3.66. The van der Waals surface area contributed by atoms with Crippen molar-refractivity contribution in [2.75, 3.05) is 44.2 Å². The summed E-state index contributed by atoms with van der Waals surface area (Å²) < 4.78 is 5.68. The summed E-state index contributed by atoms with van der Waals surface area (Å²) in [7, 11) is 0. The van der Waals surface area contributed by atoms with Gasteiger partial charge in [-0.05, 0) is 35.6 Å². The van der Waals surface area contributed by atoms with Crippen molar-refractivity contribution >= 4 is 34.9 Å². The second kappa shape index (κ2) is 14.6. The number of carbonyl (C=O) groups is 3. The molecule has 2 saturated heterocycles. The van der Waals surface area contributed by atoms with E-state index in [2.05, 4.69) is 30.8 Å². The summed E-state index contributed by atoms with van der Waals surface area (Å²) in [6, 6.07) is 9.72. The molecule has 0 unspecified atom stereocenters. The number of hydrogen-bond acceptors (Lipinski definition) is 10. The first-order valence-electron chi connectivity index (χ1n) is 15.6. The zero-order chi connectivity index (χ0) is 32.8. The molecule has 4 heterocycles. The van der Waals surface area contributed by atoms with E-state index in [1.807, 2.05) is 63.5 Å². The lowest BCUT2D eigenvalue weighted by Gasteiger charge is -2.35. The minimum Gasteiger partial charge on any atom is -0.482 e. The summed E-state index contributed by atoms with van der Waals surface area (Å²) >= 11 is 1.58. The highest BCUT2D eigenvalue weighted by atomic mass is 32.1. The van der Waals surface area contributed by atoms with Crippen LogP contribution in [0, 0.1) is 12.3 Å². The highest BCUT2D eigenvalue weighted by Gasteiger charge is 2.44. The average molecular weight is 650 g/mol. The third-order valence-corrected chi connectivity index (χ3v) is 9.22. The first-order chi connectivity index (χ1) is 22.0. The van der Waals surface area contributed by atoms with Crippen LogP contribution in [0.3, 0.4) is 0 Å². The molecule has 3 aromatic rings. The van der Waals surface area contributed by atoms with Gasteiger partial charge in [0, 0.05) is 45.7 Å². The van der Waals surface area contributed by atoms with Gasteiger partial charge in [0.15, 0.2) is 6.61 Å². The summed E-state index contributed by atoms with van der Waals surface area (Å²) in [6.07, 6.45) is 0.854. The SMILES string of the molecule is Cc1ncsc1-c1ccc(CNC(=O)[C@@H]2C[C@@H](O)CN2C(=O)[C@@H](NC(=O)COc2ccc(N3CCNCC3)nc2)C(C)(C)C)cc1. The van der Waals surface area contributed by atoms with Crippen LogP contribution in [0.5, 0.6) is 5.75 Å². The number of aromatic nitrogens is 2. The zero-order valence-electron chi connectivity index (χ0n) is 26.8. The van der Waals surface area contributed by atoms with Crippen molar-refractivity contribution in [2.24, 2.45) is 5.41 Å². The van der Waals surface area contributed by atoms with E-state index in [1.54, 1.807) is 23.6 Å². The summed E-state index contributed by atoms with van der Waals surface area (Å²) in [5.74, 6) is 0.0377. The lowest BCUT2D eigenvalue weighted by molar-refractivity contribution is -0.144. The molecule has 12 nitrogen and oxygen atoms in total. The Kier molecular flexibility index (Phi) is 10.5. The third-order valence-electron chi connectivity index (χ3n) is 8.24. The van der Waals surface area contributed by atoms with Crippen molar-refractivity contribution in [1.29, 1.82) is 0 Å². The van der Waals surface area contributed by atoms with Crippen LogP contribution in [-0.2, 0) is 20.9 Å². The van der Waals surface area contributed by atoms with Crippen molar-refractivity contribution in [1.82, 2.24) is 30.8 Å². The largest absolute Gasteiger partial charge is 0.482 e. The maximum absolute atomic E-state index is 13.9. The van der Waals surface area contributed by atoms with E-state index >= 15 is 0 Å². The van der Waals surface area contributed by atoms with Crippen molar-refractivity contribution in [2.45, 2.75) is 58.8 Å². The maximum atomic E-state index is 13.9. The fraction of sp³-hybridized carbons (Fsp3) is 0.485. The molecule has 13 heteroatoms. The van der Waals surface area contributed by atoms with Gasteiger partial charge in [0.2, 0.25) is 11.8 Å². The number of carbonyl (C=O) groups excluding carboxylic acids is 3. The number of nitrogens with zero attached hydrogens (tertiary/aromatic N) is 4. The highest BCUT2D eigenvalue weighted by Crippen LogP contribution is 2.28. The van der Waals surface area contributed by atoms with Gasteiger partial charge >= 0.3 is 0 Å². The van der Waals surface area contributed by atoms with Gasteiger partial charge in [-0.15, -0.1) is 11.3 Å². The predicted molar refractivity (Wildman–Crippen MR) is 176 cm³/mol. The van der Waals surface area contributed by atoms with Gasteiger partial charge in [0.1, 0.15) is 23.7 Å². The molecule has 246 valence electrons. The number of aliphatic hydroxyl groups excluding tert-OH is 1. The van der Waals surface area contributed by atoms with Crippen LogP contribution in [0.25, 0.3) is 10.4 Å². The minimum atomic E-state index is -0.944. The van der Waals surface area contributed by atoms with Crippen molar-refractivity contribution in [3.63, 3.8) is 0 Å². The van der Waals surface area contributed by atoms with E-state index in [9.17, 15) is 19.5 Å². The van der Waals surface area contributed by atoms with Crippen molar-refractivity contribution in [3.8, 4) is 16.2 Å². The maximum Gasteiger partial charge on any atom is 0.258 e. The molecule has 0 saturated carbocycles. The molecule has 5 rings (SSSR count). The van der Waals surface area contributed by atoms with E-state index in [4.69, 9.17) is 4.74 Å². The Morgan fingerprint density at radius 1 is 1.11 bits per heavy atom. The van der Waals surface area contributed by atoms with Crippen LogP contribution < -0.4 is 25.6 Å². The van der Waals surface area contributed by atoms with Crippen LogP contribution in [-0.4, -0.2) is 95.2 Å². The van der Waals surface area contributed by atoms with Crippen LogP contribution in [0.15, 0.2) is 48.1 Å². The van der Waals surface area contributed by atoms with Gasteiger partial charge in [-0.2, -0.15) is 0 Å². The topological polar surface area (TPSA) is 149 Å². The lowest BCUT2D eigenvalue weighted by Crippen LogP contribution is -2.58. The number of ether oxygens (including phenoxy) is 1. The summed E-state index contributed by atoms with van der Waals surface area (Å²) in [4.78, 5) is 53.6. The van der Waals surface area contributed by atoms with Crippen molar-refractivity contribution < 1.29 is 24.2 Å². The quantitative estimate of drug-likeness (QED) is 0.259. The molecular weight excluding hydrogens is 606 g/mol. The number of anilines is 1. The Balaban J connectivity index is 1.17. The number of hydrogen-bond donors (Lipinski definition) is 4. The Morgan fingerprint density at radius 2 is 1.85 bits per heavy atom. The van der Waals surface area contributed by atoms with Gasteiger partial charge in [0.25, 0.3) is 5.91 Å². The number of piperazine rings is 1. The summed E-state index contributed by atoms with van der Waals surface area (Å²) in [5.41, 5.74) is 4.08. The Bertz CT molecular complexity index is 1500. The van der Waals surface area contributed by atoms with Crippen molar-refractivity contribution in [3.05, 3.63) is 59.4 Å². The Labute approximate surface area is 273 Å². The summed E-state index contributed by atoms with van der Waals surface area (Å²) in [6.45, 7) is 11.0. The zero-order valence-corrected chi connectivity index (χ0v) is 27.6. The number of benzene rings is 1. The highest BCUT2D eigenvalue weighted by molar-refractivity contribution is 7.13. The molecule has 2 aliphatic heterocycles. The van der Waals surface area contributed by atoms with Gasteiger partial charge in [-0.1, -0.05) is 45.0 Å². The second-order valence-electron chi connectivity index (χ2n) is 12.8.